The molecule has 0 atom stereocenters. The van der Waals surface area contributed by atoms with Crippen molar-refractivity contribution in [1.29, 1.82) is 0 Å². The number of benzene rings is 3. The average Bonchev–Trinajstić information content (AvgIpc) is 3.34. The maximum Gasteiger partial charge on any atom is 0.343 e. The summed E-state index contributed by atoms with van der Waals surface area (Å²) in [7, 11) is 1.17. The molecule has 0 aliphatic heterocycles. The van der Waals surface area contributed by atoms with Crippen LogP contribution in [0.15, 0.2) is 81.0 Å². The lowest BCUT2D eigenvalue weighted by Gasteiger charge is -2.09. The zero-order valence-corrected chi connectivity index (χ0v) is 20.4. The number of nitro benzene ring substituents is 1. The third-order valence-corrected chi connectivity index (χ3v) is 5.78. The minimum Gasteiger partial charge on any atom is -0.474 e. The molecule has 0 radical (unpaired) electrons. The minimum absolute atomic E-state index is 0.0970. The predicted octanol–water partition coefficient (Wildman–Crippen LogP) is 4.81. The zero-order valence-electron chi connectivity index (χ0n) is 19.7. The largest absolute Gasteiger partial charge is 0.474 e. The van der Waals surface area contributed by atoms with E-state index in [2.05, 4.69) is 14.8 Å². The Morgan fingerprint density at radius 2 is 2.00 bits per heavy atom. The SMILES string of the molecule is COC(=O)COc1c(C=Nn2c(-c3cc4cc(Cl)ccc4o3)nc3ccccc3c2=O)cccc1[N+](=O)[O-]. The van der Waals surface area contributed by atoms with Crippen LogP contribution in [-0.4, -0.2) is 40.5 Å². The summed E-state index contributed by atoms with van der Waals surface area (Å²) < 4.78 is 16.9. The number of halogens is 1. The highest BCUT2D eigenvalue weighted by Crippen LogP contribution is 2.31. The van der Waals surface area contributed by atoms with Gasteiger partial charge in [-0.3, -0.25) is 14.9 Å². The first kappa shape index (κ1) is 24.7. The molecule has 0 unspecified atom stereocenters. The van der Waals surface area contributed by atoms with Gasteiger partial charge in [0.1, 0.15) is 5.58 Å². The summed E-state index contributed by atoms with van der Waals surface area (Å²) in [6, 6.07) is 17.6. The van der Waals surface area contributed by atoms with Gasteiger partial charge in [0.25, 0.3) is 5.56 Å². The first-order valence-corrected chi connectivity index (χ1v) is 11.5. The summed E-state index contributed by atoms with van der Waals surface area (Å²) in [6.45, 7) is -0.563. The Morgan fingerprint density at radius 3 is 2.79 bits per heavy atom. The van der Waals surface area contributed by atoms with E-state index in [0.29, 0.717) is 26.9 Å². The van der Waals surface area contributed by atoms with E-state index >= 15 is 0 Å². The maximum atomic E-state index is 13.5. The lowest BCUT2D eigenvalue weighted by molar-refractivity contribution is -0.385. The number of nitrogens with zero attached hydrogens (tertiary/aromatic N) is 4. The number of esters is 1. The molecule has 0 fully saturated rings. The molecule has 0 N–H and O–H groups in total. The Hall–Kier alpha value is -5.03. The van der Waals surface area contributed by atoms with Crippen LogP contribution in [0.5, 0.6) is 5.75 Å². The maximum absolute atomic E-state index is 13.5. The van der Waals surface area contributed by atoms with Gasteiger partial charge in [-0.15, -0.1) is 0 Å². The first-order valence-electron chi connectivity index (χ1n) is 11.1. The third kappa shape index (κ3) is 4.70. The second-order valence-corrected chi connectivity index (χ2v) is 8.36. The van der Waals surface area contributed by atoms with Crippen molar-refractivity contribution in [3.63, 3.8) is 0 Å². The number of aromatic nitrogens is 2. The molecule has 0 aliphatic rings. The van der Waals surface area contributed by atoms with E-state index < -0.39 is 28.7 Å². The second kappa shape index (κ2) is 10.1. The molecule has 5 aromatic rings. The van der Waals surface area contributed by atoms with Crippen molar-refractivity contribution in [2.24, 2.45) is 5.10 Å². The average molecular weight is 533 g/mol. The summed E-state index contributed by atoms with van der Waals surface area (Å²) >= 11 is 6.11. The molecule has 12 heteroatoms. The number of carbonyl (C=O) groups excluding carboxylic acids is 1. The third-order valence-electron chi connectivity index (χ3n) is 5.55. The van der Waals surface area contributed by atoms with Crippen LogP contribution >= 0.6 is 11.6 Å². The highest BCUT2D eigenvalue weighted by atomic mass is 35.5. The lowest BCUT2D eigenvalue weighted by Crippen LogP contribution is -2.20. The summed E-state index contributed by atoms with van der Waals surface area (Å²) in [4.78, 5) is 40.6. The van der Waals surface area contributed by atoms with E-state index in [-0.39, 0.29) is 22.9 Å². The molecule has 0 spiro atoms. The summed E-state index contributed by atoms with van der Waals surface area (Å²) in [5, 5.41) is 17.4. The van der Waals surface area contributed by atoms with Gasteiger partial charge in [-0.1, -0.05) is 29.8 Å². The molecule has 3 aromatic carbocycles. The van der Waals surface area contributed by atoms with Gasteiger partial charge >= 0.3 is 11.7 Å². The molecule has 0 saturated carbocycles. The number of hydrogen-bond acceptors (Lipinski definition) is 9. The Bertz CT molecular complexity index is 1810. The van der Waals surface area contributed by atoms with E-state index in [4.69, 9.17) is 20.8 Å². The van der Waals surface area contributed by atoms with E-state index in [1.54, 1.807) is 48.5 Å². The molecule has 2 aromatic heterocycles. The van der Waals surface area contributed by atoms with E-state index in [0.717, 1.165) is 4.68 Å². The van der Waals surface area contributed by atoms with Crippen LogP contribution in [0.25, 0.3) is 33.5 Å². The van der Waals surface area contributed by atoms with Crippen LogP contribution in [0, 0.1) is 10.1 Å². The van der Waals surface area contributed by atoms with Gasteiger partial charge in [0.15, 0.2) is 12.4 Å². The fourth-order valence-electron chi connectivity index (χ4n) is 3.77. The number of para-hydroxylation sites is 2. The number of nitro groups is 1. The summed E-state index contributed by atoms with van der Waals surface area (Å²) in [5.41, 5.74) is 0.207. The molecule has 11 nitrogen and oxygen atoms in total. The van der Waals surface area contributed by atoms with Crippen LogP contribution in [0.3, 0.4) is 0 Å². The Labute approximate surface area is 218 Å². The number of hydrogen-bond donors (Lipinski definition) is 0. The molecular weight excluding hydrogens is 516 g/mol. The Kier molecular flexibility index (Phi) is 6.58. The minimum atomic E-state index is -0.728. The molecule has 190 valence electrons. The van der Waals surface area contributed by atoms with Crippen LogP contribution in [0.1, 0.15) is 5.56 Å². The van der Waals surface area contributed by atoms with Crippen LogP contribution in [-0.2, 0) is 9.53 Å². The Balaban J connectivity index is 1.68. The van der Waals surface area contributed by atoms with Crippen molar-refractivity contribution < 1.29 is 23.6 Å². The van der Waals surface area contributed by atoms with Gasteiger partial charge in [0.05, 0.1) is 29.2 Å². The summed E-state index contributed by atoms with van der Waals surface area (Å²) in [5.74, 6) is -0.593. The fourth-order valence-corrected chi connectivity index (χ4v) is 3.95. The van der Waals surface area contributed by atoms with E-state index in [1.165, 1.54) is 31.5 Å². The molecule has 38 heavy (non-hydrogen) atoms. The second-order valence-electron chi connectivity index (χ2n) is 7.92. The highest BCUT2D eigenvalue weighted by molar-refractivity contribution is 6.31. The highest BCUT2D eigenvalue weighted by Gasteiger charge is 2.21. The molecular formula is C26H17ClN4O7. The monoisotopic (exact) mass is 532 g/mol. The van der Waals surface area contributed by atoms with Crippen molar-refractivity contribution in [3.8, 4) is 17.3 Å². The Morgan fingerprint density at radius 1 is 1.18 bits per heavy atom. The molecule has 0 amide bonds. The number of methoxy groups -OCH3 is 1. The fraction of sp³-hybridized carbons (Fsp3) is 0.0769. The number of fused-ring (bicyclic) bond motifs is 2. The van der Waals surface area contributed by atoms with Crippen LogP contribution in [0.2, 0.25) is 5.02 Å². The summed E-state index contributed by atoms with van der Waals surface area (Å²) in [6.07, 6.45) is 1.21. The smallest absolute Gasteiger partial charge is 0.343 e. The van der Waals surface area contributed by atoms with Gasteiger partial charge in [0.2, 0.25) is 11.6 Å². The van der Waals surface area contributed by atoms with Gasteiger partial charge in [-0.25, -0.2) is 9.78 Å². The lowest BCUT2D eigenvalue weighted by atomic mass is 10.2. The molecule has 5 rings (SSSR count). The zero-order chi connectivity index (χ0) is 26.8. The number of carbonyl (C=O) groups is 1. The van der Waals surface area contributed by atoms with Gasteiger partial charge in [-0.2, -0.15) is 9.78 Å². The molecule has 0 saturated heterocycles. The van der Waals surface area contributed by atoms with Crippen LogP contribution < -0.4 is 10.3 Å². The van der Waals surface area contributed by atoms with Crippen LogP contribution in [0.4, 0.5) is 5.69 Å². The van der Waals surface area contributed by atoms with Gasteiger partial charge in [0, 0.05) is 22.0 Å². The predicted molar refractivity (Wildman–Crippen MR) is 140 cm³/mol. The quantitative estimate of drug-likeness (QED) is 0.126. The standard InChI is InChI=1S/C26H17ClN4O7/c1-36-23(32)14-37-24-15(5-4-8-20(24)31(34)35)13-28-30-25(29-19-7-3-2-6-18(19)26(30)33)22-12-16-11-17(27)9-10-21(16)38-22/h2-13H,14H2,1H3. The van der Waals surface area contributed by atoms with Crippen molar-refractivity contribution >= 4 is 51.3 Å². The van der Waals surface area contributed by atoms with E-state index in [1.807, 2.05) is 0 Å². The normalized spacial score (nSPS) is 11.3. The number of furan rings is 1. The van der Waals surface area contributed by atoms with Crippen molar-refractivity contribution in [2.75, 3.05) is 13.7 Å². The van der Waals surface area contributed by atoms with Crippen molar-refractivity contribution in [3.05, 3.63) is 97.8 Å². The number of ether oxygens (including phenoxy) is 2. The van der Waals surface area contributed by atoms with Crippen molar-refractivity contribution in [2.45, 2.75) is 0 Å². The van der Waals surface area contributed by atoms with E-state index in [9.17, 15) is 19.7 Å². The van der Waals surface area contributed by atoms with Crippen molar-refractivity contribution in [1.82, 2.24) is 9.66 Å². The van der Waals surface area contributed by atoms with Gasteiger partial charge < -0.3 is 13.9 Å². The first-order chi connectivity index (χ1) is 18.4. The topological polar surface area (TPSA) is 139 Å². The molecule has 2 heterocycles. The van der Waals surface area contributed by atoms with Gasteiger partial charge in [-0.05, 0) is 42.5 Å². The molecule has 0 aliphatic carbocycles. The molecule has 0 bridgehead atoms. The number of rotatable bonds is 7.